The molecule has 7 nitrogen and oxygen atoms in total. The molecule has 1 aromatic heterocycles. The molecule has 8 heteroatoms. The monoisotopic (exact) mass is 415 g/mol. The fraction of sp³-hybridized carbons (Fsp3) is 0.429. The van der Waals surface area contributed by atoms with E-state index in [-0.39, 0.29) is 36.0 Å². The summed E-state index contributed by atoms with van der Waals surface area (Å²) in [6.45, 7) is 2.14. The molecular formula is C21H25N3O4S. The Kier molecular flexibility index (Phi) is 5.31. The molecule has 0 radical (unpaired) electrons. The number of hydrogen-bond donors (Lipinski definition) is 0. The van der Waals surface area contributed by atoms with Crippen LogP contribution in [0.1, 0.15) is 35.8 Å². The summed E-state index contributed by atoms with van der Waals surface area (Å²) in [5.74, 6) is 0.816. The van der Waals surface area contributed by atoms with Gasteiger partial charge in [-0.1, -0.05) is 29.8 Å². The van der Waals surface area contributed by atoms with Gasteiger partial charge in [0, 0.05) is 12.5 Å². The number of carbonyl (C=O) groups is 1. The molecule has 2 atom stereocenters. The van der Waals surface area contributed by atoms with E-state index < -0.39 is 9.84 Å². The van der Waals surface area contributed by atoms with Crippen LogP contribution in [0.15, 0.2) is 52.2 Å². The van der Waals surface area contributed by atoms with Crippen molar-refractivity contribution < 1.29 is 17.6 Å². The molecule has 1 aromatic carbocycles. The first-order chi connectivity index (χ1) is 13.8. The summed E-state index contributed by atoms with van der Waals surface area (Å²) in [7, 11) is -1.20. The van der Waals surface area contributed by atoms with Gasteiger partial charge in [0.05, 0.1) is 30.0 Å². The fourth-order valence-corrected chi connectivity index (χ4v) is 5.71. The number of likely N-dealkylation sites (N-methyl/N-ethyl adjacent to an activating group) is 1. The van der Waals surface area contributed by atoms with Crippen LogP contribution in [0.25, 0.3) is 0 Å². The Labute approximate surface area is 170 Å². The van der Waals surface area contributed by atoms with E-state index in [0.717, 1.165) is 16.8 Å². The first kappa shape index (κ1) is 19.8. The number of rotatable bonds is 5. The Morgan fingerprint density at radius 1 is 1.28 bits per heavy atom. The number of carbonyl (C=O) groups excluding carboxylic acids is 1. The number of nitrogens with zero attached hydrogens (tertiary/aromatic N) is 3. The lowest BCUT2D eigenvalue weighted by Gasteiger charge is -2.26. The van der Waals surface area contributed by atoms with Gasteiger partial charge in [-0.05, 0) is 38.1 Å². The van der Waals surface area contributed by atoms with Crippen molar-refractivity contribution in [3.05, 3.63) is 59.5 Å². The van der Waals surface area contributed by atoms with Crippen LogP contribution in [-0.2, 0) is 14.6 Å². The molecular weight excluding hydrogens is 390 g/mol. The lowest BCUT2D eigenvalue weighted by molar-refractivity contribution is -0.134. The minimum atomic E-state index is -3.00. The Hall–Kier alpha value is -2.45. The Morgan fingerprint density at radius 3 is 2.66 bits per heavy atom. The highest BCUT2D eigenvalue weighted by Crippen LogP contribution is 2.33. The van der Waals surface area contributed by atoms with Crippen molar-refractivity contribution in [1.82, 2.24) is 9.91 Å². The predicted molar refractivity (Wildman–Crippen MR) is 110 cm³/mol. The fourth-order valence-electron chi connectivity index (χ4n) is 3.90. The van der Waals surface area contributed by atoms with Crippen LogP contribution in [0.3, 0.4) is 0 Å². The lowest BCUT2D eigenvalue weighted by atomic mass is 10.0. The number of furan rings is 1. The summed E-state index contributed by atoms with van der Waals surface area (Å²) < 4.78 is 29.1. The van der Waals surface area contributed by atoms with Crippen molar-refractivity contribution in [2.75, 3.05) is 25.1 Å². The molecule has 1 amide bonds. The van der Waals surface area contributed by atoms with E-state index in [9.17, 15) is 13.2 Å². The van der Waals surface area contributed by atoms with Crippen LogP contribution in [-0.4, -0.2) is 61.1 Å². The normalized spacial score (nSPS) is 23.6. The maximum Gasteiger partial charge on any atom is 0.257 e. The Morgan fingerprint density at radius 2 is 2.03 bits per heavy atom. The van der Waals surface area contributed by atoms with Gasteiger partial charge < -0.3 is 4.42 Å². The van der Waals surface area contributed by atoms with Crippen molar-refractivity contribution in [2.45, 2.75) is 31.8 Å². The van der Waals surface area contributed by atoms with E-state index in [1.807, 2.05) is 42.2 Å². The molecule has 29 heavy (non-hydrogen) atoms. The molecule has 3 heterocycles. The molecule has 154 valence electrons. The van der Waals surface area contributed by atoms with Gasteiger partial charge in [0.25, 0.3) is 5.91 Å². The summed E-state index contributed by atoms with van der Waals surface area (Å²) in [4.78, 5) is 14.9. The third-order valence-electron chi connectivity index (χ3n) is 5.64. The molecule has 4 rings (SSSR count). The van der Waals surface area contributed by atoms with Crippen molar-refractivity contribution in [3.63, 3.8) is 0 Å². The van der Waals surface area contributed by atoms with Gasteiger partial charge in [-0.3, -0.25) is 9.69 Å². The van der Waals surface area contributed by atoms with Crippen LogP contribution in [0.5, 0.6) is 0 Å². The number of benzene rings is 1. The molecule has 1 saturated heterocycles. The number of aryl methyl sites for hydroxylation is 1. The lowest BCUT2D eigenvalue weighted by Crippen LogP contribution is -2.41. The molecule has 2 aromatic rings. The van der Waals surface area contributed by atoms with E-state index >= 15 is 0 Å². The van der Waals surface area contributed by atoms with E-state index in [0.29, 0.717) is 18.6 Å². The van der Waals surface area contributed by atoms with E-state index in [4.69, 9.17) is 4.42 Å². The van der Waals surface area contributed by atoms with E-state index in [1.54, 1.807) is 19.4 Å². The average molecular weight is 416 g/mol. The van der Waals surface area contributed by atoms with Crippen LogP contribution in [0, 0.1) is 6.92 Å². The number of hydrogen-bond acceptors (Lipinski definition) is 6. The van der Waals surface area contributed by atoms with E-state index in [2.05, 4.69) is 5.10 Å². The van der Waals surface area contributed by atoms with Crippen molar-refractivity contribution in [3.8, 4) is 0 Å². The van der Waals surface area contributed by atoms with Gasteiger partial charge in [0.2, 0.25) is 0 Å². The zero-order valence-corrected chi connectivity index (χ0v) is 17.4. The maximum atomic E-state index is 13.1. The summed E-state index contributed by atoms with van der Waals surface area (Å²) in [6.07, 6.45) is 2.73. The van der Waals surface area contributed by atoms with Crippen molar-refractivity contribution in [2.24, 2.45) is 5.10 Å². The van der Waals surface area contributed by atoms with Gasteiger partial charge in [-0.2, -0.15) is 5.10 Å². The topological polar surface area (TPSA) is 83.2 Å². The second-order valence-electron chi connectivity index (χ2n) is 7.86. The van der Waals surface area contributed by atoms with Gasteiger partial charge in [-0.25, -0.2) is 13.4 Å². The third-order valence-corrected chi connectivity index (χ3v) is 7.39. The van der Waals surface area contributed by atoms with Crippen molar-refractivity contribution >= 4 is 21.5 Å². The largest absolute Gasteiger partial charge is 0.467 e. The van der Waals surface area contributed by atoms with Gasteiger partial charge in [0.15, 0.2) is 9.84 Å². The molecule has 2 aliphatic rings. The summed E-state index contributed by atoms with van der Waals surface area (Å²) in [5, 5.41) is 6.12. The molecule has 0 saturated carbocycles. The highest BCUT2D eigenvalue weighted by molar-refractivity contribution is 7.91. The van der Waals surface area contributed by atoms with Crippen molar-refractivity contribution in [1.29, 1.82) is 0 Å². The summed E-state index contributed by atoms with van der Waals surface area (Å²) >= 11 is 0. The maximum absolute atomic E-state index is 13.1. The SMILES string of the molecule is Cc1ccc(C2=NN(C(=O)CN(C)C3CCS(=O)(=O)C3)C(c3ccco3)C2)cc1. The number of amides is 1. The minimum Gasteiger partial charge on any atom is -0.467 e. The second kappa shape index (κ2) is 7.76. The standard InChI is InChI=1S/C21H25N3O4S/c1-15-5-7-16(8-6-15)18-12-19(20-4-3-10-28-20)24(22-18)21(25)13-23(2)17-9-11-29(26,27)14-17/h3-8,10,17,19H,9,11-14H2,1-2H3. The van der Waals surface area contributed by atoms with Gasteiger partial charge in [0.1, 0.15) is 11.8 Å². The number of sulfone groups is 1. The second-order valence-corrected chi connectivity index (χ2v) is 10.1. The minimum absolute atomic E-state index is 0.107. The molecule has 0 N–H and O–H groups in total. The molecule has 0 spiro atoms. The number of hydrazone groups is 1. The summed E-state index contributed by atoms with van der Waals surface area (Å²) in [6, 6.07) is 11.3. The zero-order valence-electron chi connectivity index (χ0n) is 16.6. The zero-order chi connectivity index (χ0) is 20.6. The first-order valence-corrected chi connectivity index (χ1v) is 11.6. The van der Waals surface area contributed by atoms with Gasteiger partial charge in [-0.15, -0.1) is 0 Å². The predicted octanol–water partition coefficient (Wildman–Crippen LogP) is 2.38. The molecule has 0 bridgehead atoms. The average Bonchev–Trinajstić information content (AvgIpc) is 3.40. The smallest absolute Gasteiger partial charge is 0.257 e. The molecule has 1 fully saturated rings. The Balaban J connectivity index is 1.54. The van der Waals surface area contributed by atoms with Crippen LogP contribution < -0.4 is 0 Å². The van der Waals surface area contributed by atoms with Crippen LogP contribution in [0.4, 0.5) is 0 Å². The first-order valence-electron chi connectivity index (χ1n) is 9.73. The third kappa shape index (κ3) is 4.28. The molecule has 2 aliphatic heterocycles. The quantitative estimate of drug-likeness (QED) is 0.749. The van der Waals surface area contributed by atoms with Gasteiger partial charge >= 0.3 is 0 Å². The summed E-state index contributed by atoms with van der Waals surface area (Å²) in [5.41, 5.74) is 2.99. The van der Waals surface area contributed by atoms with E-state index in [1.165, 1.54) is 5.01 Å². The molecule has 2 unspecified atom stereocenters. The highest BCUT2D eigenvalue weighted by atomic mass is 32.2. The highest BCUT2D eigenvalue weighted by Gasteiger charge is 2.37. The van der Waals surface area contributed by atoms with Crippen LogP contribution in [0.2, 0.25) is 0 Å². The Bertz CT molecular complexity index is 1010. The molecule has 0 aliphatic carbocycles. The van der Waals surface area contributed by atoms with Crippen LogP contribution >= 0.6 is 0 Å².